The summed E-state index contributed by atoms with van der Waals surface area (Å²) in [5, 5.41) is 12.3. The predicted octanol–water partition coefficient (Wildman–Crippen LogP) is 2.77. The topological polar surface area (TPSA) is 49.3 Å². The number of phenols is 1. The second-order valence-corrected chi connectivity index (χ2v) is 4.28. The van der Waals surface area contributed by atoms with Gasteiger partial charge in [-0.25, -0.2) is 4.39 Å². The average Bonchev–Trinajstić information content (AvgIpc) is 2.40. The molecule has 0 unspecified atom stereocenters. The van der Waals surface area contributed by atoms with E-state index in [-0.39, 0.29) is 24.0 Å². The fourth-order valence-corrected chi connectivity index (χ4v) is 1.72. The zero-order chi connectivity index (χ0) is 13.8. The first-order valence-corrected chi connectivity index (χ1v) is 5.89. The van der Waals surface area contributed by atoms with Crippen LogP contribution >= 0.6 is 0 Å². The molecule has 0 aliphatic rings. The first kappa shape index (κ1) is 13.1. The average molecular weight is 259 g/mol. The molecule has 3 nitrogen and oxygen atoms in total. The van der Waals surface area contributed by atoms with Crippen LogP contribution in [0.2, 0.25) is 0 Å². The summed E-state index contributed by atoms with van der Waals surface area (Å²) in [4.78, 5) is 11.9. The predicted molar refractivity (Wildman–Crippen MR) is 70.4 cm³/mol. The van der Waals surface area contributed by atoms with E-state index >= 15 is 0 Å². The second kappa shape index (κ2) is 5.52. The fraction of sp³-hybridized carbons (Fsp3) is 0.133. The van der Waals surface area contributed by atoms with Gasteiger partial charge in [-0.15, -0.1) is 0 Å². The van der Waals surface area contributed by atoms with Crippen LogP contribution in [0.3, 0.4) is 0 Å². The summed E-state index contributed by atoms with van der Waals surface area (Å²) in [5.41, 5.74) is 1.46. The highest BCUT2D eigenvalue weighted by atomic mass is 19.1. The summed E-state index contributed by atoms with van der Waals surface area (Å²) in [6, 6.07) is 11.0. The largest absolute Gasteiger partial charge is 0.508 e. The van der Waals surface area contributed by atoms with E-state index in [4.69, 9.17) is 0 Å². The highest BCUT2D eigenvalue weighted by Gasteiger charge is 2.08. The van der Waals surface area contributed by atoms with Gasteiger partial charge in [0.15, 0.2) is 0 Å². The lowest BCUT2D eigenvalue weighted by atomic mass is 10.1. The lowest BCUT2D eigenvalue weighted by Crippen LogP contribution is -2.22. The first-order chi connectivity index (χ1) is 9.08. The summed E-state index contributed by atoms with van der Waals surface area (Å²) in [7, 11) is 0. The smallest absolute Gasteiger partial charge is 0.251 e. The maximum Gasteiger partial charge on any atom is 0.251 e. The van der Waals surface area contributed by atoms with Crippen LogP contribution in [0.25, 0.3) is 0 Å². The number of hydrogen-bond donors (Lipinski definition) is 2. The highest BCUT2D eigenvalue weighted by Crippen LogP contribution is 2.15. The molecule has 0 bridgehead atoms. The molecular weight excluding hydrogens is 245 g/mol. The third-order valence-corrected chi connectivity index (χ3v) is 2.85. The number of halogens is 1. The molecule has 0 aliphatic carbocycles. The molecule has 2 aromatic rings. The van der Waals surface area contributed by atoms with E-state index < -0.39 is 0 Å². The van der Waals surface area contributed by atoms with Crippen molar-refractivity contribution < 1.29 is 14.3 Å². The number of nitrogens with one attached hydrogen (secondary N) is 1. The van der Waals surface area contributed by atoms with E-state index in [9.17, 15) is 14.3 Å². The van der Waals surface area contributed by atoms with Gasteiger partial charge in [-0.1, -0.05) is 18.2 Å². The Morgan fingerprint density at radius 3 is 2.68 bits per heavy atom. The van der Waals surface area contributed by atoms with Gasteiger partial charge in [0, 0.05) is 17.7 Å². The third-order valence-electron chi connectivity index (χ3n) is 2.85. The third kappa shape index (κ3) is 3.10. The van der Waals surface area contributed by atoms with Gasteiger partial charge in [-0.05, 0) is 36.8 Å². The van der Waals surface area contributed by atoms with Gasteiger partial charge in [-0.2, -0.15) is 0 Å². The number of aromatic hydroxyl groups is 1. The van der Waals surface area contributed by atoms with Crippen molar-refractivity contribution in [3.8, 4) is 5.75 Å². The van der Waals surface area contributed by atoms with Crippen molar-refractivity contribution in [3.63, 3.8) is 0 Å². The van der Waals surface area contributed by atoms with Gasteiger partial charge in [-0.3, -0.25) is 4.79 Å². The summed E-state index contributed by atoms with van der Waals surface area (Å²) in [6.45, 7) is 1.83. The molecule has 0 spiro atoms. The summed E-state index contributed by atoms with van der Waals surface area (Å²) in [6.07, 6.45) is 0. The second-order valence-electron chi connectivity index (χ2n) is 4.28. The number of benzene rings is 2. The Morgan fingerprint density at radius 2 is 2.00 bits per heavy atom. The van der Waals surface area contributed by atoms with E-state index in [0.717, 1.165) is 0 Å². The molecule has 0 heterocycles. The monoisotopic (exact) mass is 259 g/mol. The van der Waals surface area contributed by atoms with E-state index in [1.54, 1.807) is 31.2 Å². The Morgan fingerprint density at radius 1 is 1.26 bits per heavy atom. The number of carbonyl (C=O) groups is 1. The molecule has 0 fully saturated rings. The molecule has 19 heavy (non-hydrogen) atoms. The van der Waals surface area contributed by atoms with Crippen LogP contribution in [0.5, 0.6) is 5.75 Å². The molecule has 0 aromatic heterocycles. The minimum Gasteiger partial charge on any atom is -0.508 e. The molecular formula is C15H14FNO2. The van der Waals surface area contributed by atoms with E-state index in [0.29, 0.717) is 16.7 Å². The zero-order valence-electron chi connectivity index (χ0n) is 10.5. The van der Waals surface area contributed by atoms with Crippen molar-refractivity contribution >= 4 is 5.91 Å². The van der Waals surface area contributed by atoms with Crippen LogP contribution in [0.15, 0.2) is 42.5 Å². The lowest BCUT2D eigenvalue weighted by molar-refractivity contribution is 0.0950. The normalized spacial score (nSPS) is 10.2. The van der Waals surface area contributed by atoms with Crippen LogP contribution in [0, 0.1) is 12.7 Å². The number of phenolic OH excluding ortho intramolecular Hbond substituents is 1. The molecule has 0 saturated carbocycles. The number of para-hydroxylation sites is 1. The summed E-state index contributed by atoms with van der Waals surface area (Å²) >= 11 is 0. The quantitative estimate of drug-likeness (QED) is 0.890. The van der Waals surface area contributed by atoms with Crippen LogP contribution in [0.1, 0.15) is 21.5 Å². The molecule has 0 aliphatic heterocycles. The van der Waals surface area contributed by atoms with Crippen molar-refractivity contribution in [1.82, 2.24) is 5.32 Å². The minimum absolute atomic E-state index is 0.137. The molecule has 2 aromatic carbocycles. The molecule has 0 saturated heterocycles. The Bertz CT molecular complexity index is 611. The van der Waals surface area contributed by atoms with Crippen LogP contribution in [-0.4, -0.2) is 11.0 Å². The fourth-order valence-electron chi connectivity index (χ4n) is 1.72. The van der Waals surface area contributed by atoms with Gasteiger partial charge in [0.25, 0.3) is 5.91 Å². The van der Waals surface area contributed by atoms with E-state index in [1.807, 2.05) is 0 Å². The Hall–Kier alpha value is -2.36. The molecule has 0 radical (unpaired) electrons. The molecule has 2 N–H and O–H groups in total. The van der Waals surface area contributed by atoms with Crippen molar-refractivity contribution in [3.05, 3.63) is 65.0 Å². The Labute approximate surface area is 110 Å². The lowest BCUT2D eigenvalue weighted by Gasteiger charge is -2.07. The Kier molecular flexibility index (Phi) is 3.80. The van der Waals surface area contributed by atoms with Gasteiger partial charge < -0.3 is 10.4 Å². The van der Waals surface area contributed by atoms with Gasteiger partial charge >= 0.3 is 0 Å². The van der Waals surface area contributed by atoms with Crippen LogP contribution < -0.4 is 5.32 Å². The molecule has 0 atom stereocenters. The Balaban J connectivity index is 2.05. The SMILES string of the molecule is Cc1cc(C(=O)NCc2ccccc2O)ccc1F. The number of aryl methyl sites for hydroxylation is 1. The van der Waals surface area contributed by atoms with Crippen molar-refractivity contribution in [2.75, 3.05) is 0 Å². The van der Waals surface area contributed by atoms with Gasteiger partial charge in [0.05, 0.1) is 0 Å². The zero-order valence-corrected chi connectivity index (χ0v) is 10.5. The number of amides is 1. The maximum atomic E-state index is 13.1. The molecule has 4 heteroatoms. The molecule has 2 rings (SSSR count). The van der Waals surface area contributed by atoms with Crippen molar-refractivity contribution in [2.24, 2.45) is 0 Å². The van der Waals surface area contributed by atoms with Crippen LogP contribution in [-0.2, 0) is 6.54 Å². The summed E-state index contributed by atoms with van der Waals surface area (Å²) < 4.78 is 13.1. The standard InChI is InChI=1S/C15H14FNO2/c1-10-8-11(6-7-13(10)16)15(19)17-9-12-4-2-3-5-14(12)18/h2-8,18H,9H2,1H3,(H,17,19). The molecule has 98 valence electrons. The number of rotatable bonds is 3. The van der Waals surface area contributed by atoms with Crippen LogP contribution in [0.4, 0.5) is 4.39 Å². The number of hydrogen-bond acceptors (Lipinski definition) is 2. The first-order valence-electron chi connectivity index (χ1n) is 5.89. The number of carbonyl (C=O) groups excluding carboxylic acids is 1. The summed E-state index contributed by atoms with van der Waals surface area (Å²) in [5.74, 6) is -0.498. The maximum absolute atomic E-state index is 13.1. The van der Waals surface area contributed by atoms with Gasteiger partial charge in [0.2, 0.25) is 0 Å². The highest BCUT2D eigenvalue weighted by molar-refractivity contribution is 5.94. The van der Waals surface area contributed by atoms with Gasteiger partial charge in [0.1, 0.15) is 11.6 Å². The van der Waals surface area contributed by atoms with Crippen molar-refractivity contribution in [1.29, 1.82) is 0 Å². The van der Waals surface area contributed by atoms with Crippen molar-refractivity contribution in [2.45, 2.75) is 13.5 Å². The minimum atomic E-state index is -0.336. The van der Waals surface area contributed by atoms with E-state index in [1.165, 1.54) is 18.2 Å². The molecule has 1 amide bonds. The van der Waals surface area contributed by atoms with E-state index in [2.05, 4.69) is 5.32 Å².